The molecule has 1 heterocycles. The Morgan fingerprint density at radius 2 is 2.00 bits per heavy atom. The van der Waals surface area contributed by atoms with E-state index in [1.54, 1.807) is 0 Å². The molecule has 0 aromatic heterocycles. The van der Waals surface area contributed by atoms with E-state index in [1.807, 2.05) is 17.0 Å². The second-order valence-electron chi connectivity index (χ2n) is 6.79. The molecule has 4 nitrogen and oxygen atoms in total. The zero-order valence-electron chi connectivity index (χ0n) is 14.3. The number of hydrogen-bond acceptors (Lipinski definition) is 3. The molecule has 1 saturated heterocycles. The Bertz CT molecular complexity index is 532. The van der Waals surface area contributed by atoms with Gasteiger partial charge in [0.2, 0.25) is 5.91 Å². The number of nitrogens with two attached hydrogens (primary N) is 1. The Morgan fingerprint density at radius 1 is 1.21 bits per heavy atom. The third-order valence-electron chi connectivity index (χ3n) is 5.10. The fourth-order valence-corrected chi connectivity index (χ4v) is 3.78. The Balaban J connectivity index is 0.00000208. The molecule has 2 aliphatic rings. The maximum atomic E-state index is 12.4. The highest BCUT2D eigenvalue weighted by atomic mass is 35.5. The van der Waals surface area contributed by atoms with E-state index in [0.29, 0.717) is 19.1 Å². The van der Waals surface area contributed by atoms with Gasteiger partial charge in [-0.3, -0.25) is 4.79 Å². The molecule has 0 spiro atoms. The zero-order valence-corrected chi connectivity index (χ0v) is 15.1. The van der Waals surface area contributed by atoms with Crippen molar-refractivity contribution in [2.75, 3.05) is 13.1 Å². The van der Waals surface area contributed by atoms with E-state index in [4.69, 9.17) is 10.5 Å². The number of ether oxygens (including phenoxy) is 1. The Kier molecular flexibility index (Phi) is 7.38. The van der Waals surface area contributed by atoms with Crippen LogP contribution in [0.25, 0.3) is 0 Å². The molecule has 1 unspecified atom stereocenters. The SMILES string of the molecule is Cl.NCC1CCCN1C(=O)CCc1cccc(OC2CCCC2)c1. The highest BCUT2D eigenvalue weighted by Crippen LogP contribution is 2.25. The van der Waals surface area contributed by atoms with Crippen LogP contribution in [0.4, 0.5) is 0 Å². The second kappa shape index (κ2) is 9.28. The lowest BCUT2D eigenvalue weighted by atomic mass is 10.1. The number of nitrogens with zero attached hydrogens (tertiary/aromatic N) is 1. The summed E-state index contributed by atoms with van der Waals surface area (Å²) in [5.41, 5.74) is 6.93. The van der Waals surface area contributed by atoms with Crippen LogP contribution < -0.4 is 10.5 Å². The van der Waals surface area contributed by atoms with Crippen LogP contribution in [0.15, 0.2) is 24.3 Å². The average Bonchev–Trinajstić information content (AvgIpc) is 3.24. The van der Waals surface area contributed by atoms with Gasteiger partial charge in [-0.15, -0.1) is 12.4 Å². The van der Waals surface area contributed by atoms with Gasteiger partial charge >= 0.3 is 0 Å². The first-order valence-electron chi connectivity index (χ1n) is 9.01. The van der Waals surface area contributed by atoms with Crippen LogP contribution in [0, 0.1) is 0 Å². The standard InChI is InChI=1S/C19H28N2O2.ClH/c20-14-16-6-4-12-21(16)19(22)11-10-15-5-3-9-18(13-15)23-17-7-1-2-8-17;/h3,5,9,13,16-17H,1-2,4,6-8,10-12,14,20H2;1H. The maximum Gasteiger partial charge on any atom is 0.223 e. The second-order valence-corrected chi connectivity index (χ2v) is 6.79. The van der Waals surface area contributed by atoms with Crippen LogP contribution in [-0.4, -0.2) is 36.0 Å². The van der Waals surface area contributed by atoms with Crippen LogP contribution in [0.3, 0.4) is 0 Å². The largest absolute Gasteiger partial charge is 0.490 e. The molecular weight excluding hydrogens is 324 g/mol. The minimum absolute atomic E-state index is 0. The van der Waals surface area contributed by atoms with Crippen molar-refractivity contribution in [3.8, 4) is 5.75 Å². The van der Waals surface area contributed by atoms with Gasteiger partial charge in [-0.05, 0) is 62.6 Å². The molecule has 24 heavy (non-hydrogen) atoms. The number of rotatable bonds is 6. The topological polar surface area (TPSA) is 55.6 Å². The lowest BCUT2D eigenvalue weighted by molar-refractivity contribution is -0.131. The summed E-state index contributed by atoms with van der Waals surface area (Å²) in [7, 11) is 0. The Hall–Kier alpha value is -1.26. The summed E-state index contributed by atoms with van der Waals surface area (Å²) in [6.45, 7) is 1.45. The molecule has 1 amide bonds. The predicted molar refractivity (Wildman–Crippen MR) is 98.7 cm³/mol. The van der Waals surface area contributed by atoms with Gasteiger partial charge in [0, 0.05) is 25.6 Å². The summed E-state index contributed by atoms with van der Waals surface area (Å²) >= 11 is 0. The van der Waals surface area contributed by atoms with E-state index in [2.05, 4.69) is 12.1 Å². The van der Waals surface area contributed by atoms with Crippen molar-refractivity contribution in [2.24, 2.45) is 5.73 Å². The van der Waals surface area contributed by atoms with Crippen molar-refractivity contribution in [2.45, 2.75) is 63.5 Å². The molecule has 1 aromatic carbocycles. The molecule has 1 aliphatic heterocycles. The molecule has 1 saturated carbocycles. The Labute approximate surface area is 151 Å². The number of likely N-dealkylation sites (tertiary alicyclic amines) is 1. The third kappa shape index (κ3) is 4.87. The Morgan fingerprint density at radius 3 is 2.75 bits per heavy atom. The number of hydrogen-bond donors (Lipinski definition) is 1. The number of halogens is 1. The van der Waals surface area contributed by atoms with E-state index in [-0.39, 0.29) is 24.4 Å². The number of benzene rings is 1. The number of carbonyl (C=O) groups excluding carboxylic acids is 1. The fourth-order valence-electron chi connectivity index (χ4n) is 3.78. The molecule has 2 N–H and O–H groups in total. The molecule has 0 bridgehead atoms. The molecule has 3 rings (SSSR count). The monoisotopic (exact) mass is 352 g/mol. The summed E-state index contributed by atoms with van der Waals surface area (Å²) in [4.78, 5) is 14.4. The first kappa shape index (κ1) is 19.1. The van der Waals surface area contributed by atoms with Gasteiger partial charge < -0.3 is 15.4 Å². The van der Waals surface area contributed by atoms with E-state index in [0.717, 1.165) is 44.4 Å². The van der Waals surface area contributed by atoms with Gasteiger partial charge in [0.15, 0.2) is 0 Å². The third-order valence-corrected chi connectivity index (χ3v) is 5.10. The van der Waals surface area contributed by atoms with Gasteiger partial charge in [0.25, 0.3) is 0 Å². The van der Waals surface area contributed by atoms with Crippen LogP contribution in [-0.2, 0) is 11.2 Å². The van der Waals surface area contributed by atoms with E-state index in [9.17, 15) is 4.79 Å². The minimum Gasteiger partial charge on any atom is -0.490 e. The predicted octanol–water partition coefficient (Wildman–Crippen LogP) is 3.31. The number of carbonyl (C=O) groups is 1. The van der Waals surface area contributed by atoms with Crippen molar-refractivity contribution >= 4 is 18.3 Å². The van der Waals surface area contributed by atoms with Gasteiger partial charge in [0.05, 0.1) is 6.10 Å². The van der Waals surface area contributed by atoms with Gasteiger partial charge in [-0.25, -0.2) is 0 Å². The first-order chi connectivity index (χ1) is 11.3. The van der Waals surface area contributed by atoms with Crippen LogP contribution >= 0.6 is 12.4 Å². The highest BCUT2D eigenvalue weighted by Gasteiger charge is 2.26. The van der Waals surface area contributed by atoms with Crippen LogP contribution in [0.5, 0.6) is 5.75 Å². The minimum atomic E-state index is 0. The van der Waals surface area contributed by atoms with E-state index < -0.39 is 0 Å². The molecule has 5 heteroatoms. The molecular formula is C19H29ClN2O2. The molecule has 134 valence electrons. The molecule has 0 radical (unpaired) electrons. The summed E-state index contributed by atoms with van der Waals surface area (Å²) in [5.74, 6) is 1.18. The van der Waals surface area contributed by atoms with E-state index >= 15 is 0 Å². The number of aryl methyl sites for hydroxylation is 1. The van der Waals surface area contributed by atoms with E-state index in [1.165, 1.54) is 18.4 Å². The average molecular weight is 353 g/mol. The maximum absolute atomic E-state index is 12.4. The summed E-state index contributed by atoms with van der Waals surface area (Å²) in [6.07, 6.45) is 8.72. The van der Waals surface area contributed by atoms with Crippen LogP contribution in [0.2, 0.25) is 0 Å². The number of amides is 1. The van der Waals surface area contributed by atoms with Crippen molar-refractivity contribution in [1.29, 1.82) is 0 Å². The smallest absolute Gasteiger partial charge is 0.223 e. The molecule has 1 aliphatic carbocycles. The zero-order chi connectivity index (χ0) is 16.1. The molecule has 1 atom stereocenters. The normalized spacial score (nSPS) is 20.9. The van der Waals surface area contributed by atoms with Gasteiger partial charge in [-0.2, -0.15) is 0 Å². The summed E-state index contributed by atoms with van der Waals surface area (Å²) in [5, 5.41) is 0. The highest BCUT2D eigenvalue weighted by molar-refractivity contribution is 5.85. The lowest BCUT2D eigenvalue weighted by Gasteiger charge is -2.23. The van der Waals surface area contributed by atoms with Crippen LogP contribution in [0.1, 0.15) is 50.5 Å². The van der Waals surface area contributed by atoms with Crippen molar-refractivity contribution in [1.82, 2.24) is 4.90 Å². The summed E-state index contributed by atoms with van der Waals surface area (Å²) in [6, 6.07) is 8.48. The van der Waals surface area contributed by atoms with Crippen molar-refractivity contribution < 1.29 is 9.53 Å². The molecule has 1 aromatic rings. The fraction of sp³-hybridized carbons (Fsp3) is 0.632. The van der Waals surface area contributed by atoms with Crippen molar-refractivity contribution in [3.63, 3.8) is 0 Å². The quantitative estimate of drug-likeness (QED) is 0.854. The first-order valence-corrected chi connectivity index (χ1v) is 9.01. The van der Waals surface area contributed by atoms with Gasteiger partial charge in [0.1, 0.15) is 5.75 Å². The van der Waals surface area contributed by atoms with Gasteiger partial charge in [-0.1, -0.05) is 12.1 Å². The lowest BCUT2D eigenvalue weighted by Crippen LogP contribution is -2.39. The van der Waals surface area contributed by atoms with Crippen molar-refractivity contribution in [3.05, 3.63) is 29.8 Å². The summed E-state index contributed by atoms with van der Waals surface area (Å²) < 4.78 is 6.05. The molecule has 2 fully saturated rings.